The van der Waals surface area contributed by atoms with Crippen LogP contribution >= 0.6 is 0 Å². The summed E-state index contributed by atoms with van der Waals surface area (Å²) < 4.78 is 6.10. The number of para-hydroxylation sites is 1. The van der Waals surface area contributed by atoms with Crippen LogP contribution in [0.2, 0.25) is 0 Å². The first-order valence-electron chi connectivity index (χ1n) is 8.99. The number of hydrogen-bond acceptors (Lipinski definition) is 3. The van der Waals surface area contributed by atoms with Crippen molar-refractivity contribution in [1.29, 1.82) is 0 Å². The van der Waals surface area contributed by atoms with Gasteiger partial charge in [-0.1, -0.05) is 42.5 Å². The number of hydrogen-bond donors (Lipinski definition) is 2. The number of nitrogens with one attached hydrogen (secondary N) is 2. The van der Waals surface area contributed by atoms with Crippen LogP contribution in [-0.4, -0.2) is 19.6 Å². The lowest BCUT2D eigenvalue weighted by Gasteiger charge is -2.23. The zero-order chi connectivity index (χ0) is 16.6. The van der Waals surface area contributed by atoms with E-state index in [1.165, 1.54) is 29.5 Å². The molecule has 0 spiro atoms. The lowest BCUT2D eigenvalue weighted by molar-refractivity contribution is 0.300. The Balaban J connectivity index is 1.53. The normalized spacial score (nSPS) is 15.4. The molecule has 24 heavy (non-hydrogen) atoms. The van der Waals surface area contributed by atoms with E-state index in [0.29, 0.717) is 6.61 Å². The maximum Gasteiger partial charge on any atom is 0.124 e. The number of piperidine rings is 1. The molecule has 0 saturated carbocycles. The predicted molar refractivity (Wildman–Crippen MR) is 99.3 cm³/mol. The van der Waals surface area contributed by atoms with Gasteiger partial charge in [-0.15, -0.1) is 0 Å². The lowest BCUT2D eigenvalue weighted by atomic mass is 9.98. The summed E-state index contributed by atoms with van der Waals surface area (Å²) in [7, 11) is 0. The monoisotopic (exact) mass is 324 g/mol. The van der Waals surface area contributed by atoms with Gasteiger partial charge in [-0.2, -0.15) is 0 Å². The fourth-order valence-corrected chi connectivity index (χ4v) is 3.22. The summed E-state index contributed by atoms with van der Waals surface area (Å²) in [5, 5.41) is 7.03. The standard InChI is InChI=1S/C21H28N2O/c1-17-6-2-3-8-20(17)16-24-21-9-5-4-7-19(21)15-23-14-18-10-12-22-13-11-18/h2-9,18,22-23H,10-16H2,1H3. The van der Waals surface area contributed by atoms with Crippen LogP contribution in [0.15, 0.2) is 48.5 Å². The third-order valence-electron chi connectivity index (χ3n) is 4.82. The van der Waals surface area contributed by atoms with Gasteiger partial charge in [0.25, 0.3) is 0 Å². The summed E-state index contributed by atoms with van der Waals surface area (Å²) in [5.41, 5.74) is 3.76. The van der Waals surface area contributed by atoms with Crippen LogP contribution < -0.4 is 15.4 Å². The van der Waals surface area contributed by atoms with Crippen LogP contribution in [0.3, 0.4) is 0 Å². The van der Waals surface area contributed by atoms with Crippen LogP contribution in [-0.2, 0) is 13.2 Å². The SMILES string of the molecule is Cc1ccccc1COc1ccccc1CNCC1CCNCC1. The van der Waals surface area contributed by atoms with E-state index >= 15 is 0 Å². The number of rotatable bonds is 7. The molecule has 1 aliphatic rings. The van der Waals surface area contributed by atoms with Gasteiger partial charge < -0.3 is 15.4 Å². The van der Waals surface area contributed by atoms with E-state index in [9.17, 15) is 0 Å². The molecule has 1 fully saturated rings. The molecule has 128 valence electrons. The molecule has 2 aromatic carbocycles. The first-order chi connectivity index (χ1) is 11.8. The van der Waals surface area contributed by atoms with Crippen molar-refractivity contribution in [2.75, 3.05) is 19.6 Å². The molecule has 2 N–H and O–H groups in total. The third-order valence-corrected chi connectivity index (χ3v) is 4.82. The molecule has 0 atom stereocenters. The van der Waals surface area contributed by atoms with Gasteiger partial charge in [-0.05, 0) is 62.5 Å². The Labute approximate surface area is 145 Å². The summed E-state index contributed by atoms with van der Waals surface area (Å²) >= 11 is 0. The van der Waals surface area contributed by atoms with E-state index in [-0.39, 0.29) is 0 Å². The van der Waals surface area contributed by atoms with Gasteiger partial charge in [0.2, 0.25) is 0 Å². The fraction of sp³-hybridized carbons (Fsp3) is 0.429. The summed E-state index contributed by atoms with van der Waals surface area (Å²) in [5.74, 6) is 1.78. The molecule has 1 heterocycles. The maximum atomic E-state index is 6.10. The second-order valence-corrected chi connectivity index (χ2v) is 6.65. The third kappa shape index (κ3) is 4.83. The average Bonchev–Trinajstić information content (AvgIpc) is 2.63. The zero-order valence-electron chi connectivity index (χ0n) is 14.6. The topological polar surface area (TPSA) is 33.3 Å². The highest BCUT2D eigenvalue weighted by atomic mass is 16.5. The van der Waals surface area contributed by atoms with Crippen molar-refractivity contribution in [3.8, 4) is 5.75 Å². The molecule has 3 nitrogen and oxygen atoms in total. The van der Waals surface area contributed by atoms with Gasteiger partial charge in [0.05, 0.1) is 0 Å². The van der Waals surface area contributed by atoms with E-state index < -0.39 is 0 Å². The van der Waals surface area contributed by atoms with Crippen molar-refractivity contribution in [2.45, 2.75) is 32.9 Å². The Hall–Kier alpha value is -1.84. The molecule has 0 aromatic heterocycles. The van der Waals surface area contributed by atoms with E-state index in [2.05, 4.69) is 60.0 Å². The van der Waals surface area contributed by atoms with Crippen LogP contribution in [0, 0.1) is 12.8 Å². The quantitative estimate of drug-likeness (QED) is 0.815. The van der Waals surface area contributed by atoms with Crippen molar-refractivity contribution >= 4 is 0 Å². The van der Waals surface area contributed by atoms with Crippen molar-refractivity contribution in [3.63, 3.8) is 0 Å². The van der Waals surface area contributed by atoms with E-state index in [1.807, 2.05) is 6.07 Å². The average molecular weight is 324 g/mol. The van der Waals surface area contributed by atoms with Gasteiger partial charge in [-0.3, -0.25) is 0 Å². The highest BCUT2D eigenvalue weighted by molar-refractivity contribution is 5.34. The van der Waals surface area contributed by atoms with Crippen LogP contribution in [0.4, 0.5) is 0 Å². The summed E-state index contributed by atoms with van der Waals surface area (Å²) in [6, 6.07) is 16.8. The molecule has 2 aromatic rings. The van der Waals surface area contributed by atoms with Crippen molar-refractivity contribution < 1.29 is 4.74 Å². The summed E-state index contributed by atoms with van der Waals surface area (Å²) in [4.78, 5) is 0. The largest absolute Gasteiger partial charge is 0.489 e. The van der Waals surface area contributed by atoms with Gasteiger partial charge >= 0.3 is 0 Å². The second-order valence-electron chi connectivity index (χ2n) is 6.65. The van der Waals surface area contributed by atoms with Gasteiger partial charge in [-0.25, -0.2) is 0 Å². The van der Waals surface area contributed by atoms with Crippen LogP contribution in [0.1, 0.15) is 29.5 Å². The van der Waals surface area contributed by atoms with Crippen LogP contribution in [0.25, 0.3) is 0 Å². The number of ether oxygens (including phenoxy) is 1. The molecule has 0 aliphatic carbocycles. The Morgan fingerprint density at radius 3 is 2.50 bits per heavy atom. The molecule has 0 amide bonds. The molecule has 3 heteroatoms. The molecular formula is C21H28N2O. The van der Waals surface area contributed by atoms with Gasteiger partial charge in [0.1, 0.15) is 12.4 Å². The summed E-state index contributed by atoms with van der Waals surface area (Å²) in [6.07, 6.45) is 2.55. The van der Waals surface area contributed by atoms with Crippen LogP contribution in [0.5, 0.6) is 5.75 Å². The minimum atomic E-state index is 0.623. The second kappa shape index (κ2) is 8.86. The Kier molecular flexibility index (Phi) is 6.27. The molecular weight excluding hydrogens is 296 g/mol. The molecule has 0 unspecified atom stereocenters. The van der Waals surface area contributed by atoms with Gasteiger partial charge in [0, 0.05) is 12.1 Å². The summed E-state index contributed by atoms with van der Waals surface area (Å²) in [6.45, 7) is 7.02. The minimum absolute atomic E-state index is 0.623. The highest BCUT2D eigenvalue weighted by Gasteiger charge is 2.12. The number of benzene rings is 2. The van der Waals surface area contributed by atoms with Gasteiger partial charge in [0.15, 0.2) is 0 Å². The zero-order valence-corrected chi connectivity index (χ0v) is 14.6. The maximum absolute atomic E-state index is 6.10. The molecule has 0 bridgehead atoms. The Bertz CT molecular complexity index is 635. The van der Waals surface area contributed by atoms with Crippen molar-refractivity contribution in [1.82, 2.24) is 10.6 Å². The molecule has 0 radical (unpaired) electrons. The number of aryl methyl sites for hydroxylation is 1. The smallest absolute Gasteiger partial charge is 0.124 e. The van der Waals surface area contributed by atoms with E-state index in [1.54, 1.807) is 0 Å². The Morgan fingerprint density at radius 2 is 1.71 bits per heavy atom. The van der Waals surface area contributed by atoms with Crippen molar-refractivity contribution in [3.05, 3.63) is 65.2 Å². The molecule has 3 rings (SSSR count). The fourth-order valence-electron chi connectivity index (χ4n) is 3.22. The molecule has 1 aliphatic heterocycles. The first-order valence-corrected chi connectivity index (χ1v) is 8.99. The van der Waals surface area contributed by atoms with E-state index in [4.69, 9.17) is 4.74 Å². The Morgan fingerprint density at radius 1 is 1.00 bits per heavy atom. The lowest BCUT2D eigenvalue weighted by Crippen LogP contribution is -2.33. The van der Waals surface area contributed by atoms with Crippen molar-refractivity contribution in [2.24, 2.45) is 5.92 Å². The first kappa shape index (κ1) is 17.0. The van der Waals surface area contributed by atoms with E-state index in [0.717, 1.165) is 37.8 Å². The predicted octanol–water partition coefficient (Wildman–Crippen LogP) is 3.66. The highest BCUT2D eigenvalue weighted by Crippen LogP contribution is 2.20. The molecule has 1 saturated heterocycles. The minimum Gasteiger partial charge on any atom is -0.489 e.